The van der Waals surface area contributed by atoms with Crippen molar-refractivity contribution in [1.29, 1.82) is 0 Å². The SMILES string of the molecule is CCOC(=O)CN=Cc1ccc2c(c1)OCO2. The first kappa shape index (κ1) is 11.4. The van der Waals surface area contributed by atoms with Gasteiger partial charge in [-0.2, -0.15) is 0 Å². The van der Waals surface area contributed by atoms with Crippen LogP contribution in [0.1, 0.15) is 12.5 Å². The van der Waals surface area contributed by atoms with Crippen LogP contribution in [-0.4, -0.2) is 32.1 Å². The van der Waals surface area contributed by atoms with Gasteiger partial charge in [-0.3, -0.25) is 9.79 Å². The molecule has 0 atom stereocenters. The minimum Gasteiger partial charge on any atom is -0.465 e. The molecule has 5 nitrogen and oxygen atoms in total. The van der Waals surface area contributed by atoms with Crippen LogP contribution in [0.3, 0.4) is 0 Å². The highest BCUT2D eigenvalue weighted by Gasteiger charge is 2.12. The predicted octanol–water partition coefficient (Wildman–Crippen LogP) is 1.40. The van der Waals surface area contributed by atoms with Crippen molar-refractivity contribution in [2.75, 3.05) is 19.9 Å². The average Bonchev–Trinajstić information content (AvgIpc) is 2.76. The minimum absolute atomic E-state index is 0.0300. The van der Waals surface area contributed by atoms with Crippen molar-refractivity contribution in [3.8, 4) is 11.5 Å². The Morgan fingerprint density at radius 3 is 3.12 bits per heavy atom. The van der Waals surface area contributed by atoms with Gasteiger partial charge in [0.15, 0.2) is 11.5 Å². The van der Waals surface area contributed by atoms with Gasteiger partial charge in [0.05, 0.1) is 6.61 Å². The third kappa shape index (κ3) is 2.96. The predicted molar refractivity (Wildman–Crippen MR) is 61.7 cm³/mol. The molecule has 17 heavy (non-hydrogen) atoms. The number of rotatable bonds is 4. The van der Waals surface area contributed by atoms with Gasteiger partial charge in [0.1, 0.15) is 6.54 Å². The van der Waals surface area contributed by atoms with E-state index in [2.05, 4.69) is 4.99 Å². The molecule has 2 rings (SSSR count). The number of carbonyl (C=O) groups excluding carboxylic acids is 1. The van der Waals surface area contributed by atoms with Crippen molar-refractivity contribution >= 4 is 12.2 Å². The van der Waals surface area contributed by atoms with Crippen LogP contribution in [0.4, 0.5) is 0 Å². The number of esters is 1. The van der Waals surface area contributed by atoms with Crippen molar-refractivity contribution in [3.63, 3.8) is 0 Å². The van der Waals surface area contributed by atoms with E-state index in [0.29, 0.717) is 12.4 Å². The summed E-state index contributed by atoms with van der Waals surface area (Å²) in [4.78, 5) is 15.0. The lowest BCUT2D eigenvalue weighted by Crippen LogP contribution is -2.07. The zero-order valence-corrected chi connectivity index (χ0v) is 9.51. The Labute approximate surface area is 99.0 Å². The zero-order valence-electron chi connectivity index (χ0n) is 9.51. The Balaban J connectivity index is 1.95. The number of benzene rings is 1. The monoisotopic (exact) mass is 235 g/mol. The first-order chi connectivity index (χ1) is 8.29. The summed E-state index contributed by atoms with van der Waals surface area (Å²) < 4.78 is 15.2. The minimum atomic E-state index is -0.329. The maximum atomic E-state index is 11.0. The molecule has 0 bridgehead atoms. The van der Waals surface area contributed by atoms with Crippen molar-refractivity contribution in [2.45, 2.75) is 6.92 Å². The molecule has 1 aliphatic rings. The van der Waals surface area contributed by atoms with E-state index in [9.17, 15) is 4.79 Å². The van der Waals surface area contributed by atoms with Crippen LogP contribution in [0.15, 0.2) is 23.2 Å². The lowest BCUT2D eigenvalue weighted by molar-refractivity contribution is -0.141. The fourth-order valence-electron chi connectivity index (χ4n) is 1.43. The van der Waals surface area contributed by atoms with Crippen molar-refractivity contribution in [2.24, 2.45) is 4.99 Å². The molecule has 0 unspecified atom stereocenters. The summed E-state index contributed by atoms with van der Waals surface area (Å²) in [5.41, 5.74) is 0.860. The smallest absolute Gasteiger partial charge is 0.327 e. The van der Waals surface area contributed by atoms with E-state index >= 15 is 0 Å². The largest absolute Gasteiger partial charge is 0.465 e. The molecule has 0 saturated carbocycles. The Hall–Kier alpha value is -2.04. The van der Waals surface area contributed by atoms with Gasteiger partial charge in [-0.05, 0) is 30.7 Å². The molecular weight excluding hydrogens is 222 g/mol. The fourth-order valence-corrected chi connectivity index (χ4v) is 1.43. The summed E-state index contributed by atoms with van der Waals surface area (Å²) in [5, 5.41) is 0. The lowest BCUT2D eigenvalue weighted by Gasteiger charge is -1.98. The van der Waals surface area contributed by atoms with Gasteiger partial charge in [0.25, 0.3) is 0 Å². The second-order valence-electron chi connectivity index (χ2n) is 3.39. The summed E-state index contributed by atoms with van der Waals surface area (Å²) in [7, 11) is 0. The van der Waals surface area contributed by atoms with E-state index in [1.807, 2.05) is 18.2 Å². The van der Waals surface area contributed by atoms with Gasteiger partial charge < -0.3 is 14.2 Å². The number of carbonyl (C=O) groups is 1. The third-order valence-electron chi connectivity index (χ3n) is 2.16. The molecule has 0 radical (unpaired) electrons. The van der Waals surface area contributed by atoms with Crippen molar-refractivity contribution < 1.29 is 19.0 Å². The quantitative estimate of drug-likeness (QED) is 0.584. The van der Waals surface area contributed by atoms with E-state index in [-0.39, 0.29) is 19.3 Å². The van der Waals surface area contributed by atoms with Gasteiger partial charge in [0.2, 0.25) is 6.79 Å². The molecule has 0 spiro atoms. The van der Waals surface area contributed by atoms with E-state index in [1.54, 1.807) is 13.1 Å². The first-order valence-electron chi connectivity index (χ1n) is 5.34. The molecule has 1 aromatic rings. The van der Waals surface area contributed by atoms with Gasteiger partial charge in [-0.15, -0.1) is 0 Å². The number of hydrogen-bond acceptors (Lipinski definition) is 5. The molecule has 0 fully saturated rings. The molecule has 0 amide bonds. The van der Waals surface area contributed by atoms with Crippen LogP contribution >= 0.6 is 0 Å². The van der Waals surface area contributed by atoms with Crippen LogP contribution in [0.25, 0.3) is 0 Å². The first-order valence-corrected chi connectivity index (χ1v) is 5.34. The Morgan fingerprint density at radius 1 is 1.47 bits per heavy atom. The van der Waals surface area contributed by atoms with Gasteiger partial charge in [0, 0.05) is 6.21 Å². The lowest BCUT2D eigenvalue weighted by atomic mass is 10.2. The maximum Gasteiger partial charge on any atom is 0.327 e. The van der Waals surface area contributed by atoms with Crippen LogP contribution < -0.4 is 9.47 Å². The highest BCUT2D eigenvalue weighted by molar-refractivity contribution is 5.83. The van der Waals surface area contributed by atoms with E-state index < -0.39 is 0 Å². The standard InChI is InChI=1S/C12H13NO4/c1-2-15-12(14)7-13-6-9-3-4-10-11(5-9)17-8-16-10/h3-6H,2,7-8H2,1H3. The Bertz CT molecular complexity index is 442. The number of fused-ring (bicyclic) bond motifs is 1. The number of aliphatic imine (C=N–C) groups is 1. The molecule has 5 heteroatoms. The average molecular weight is 235 g/mol. The second kappa shape index (κ2) is 5.34. The molecule has 90 valence electrons. The normalized spacial score (nSPS) is 13.0. The molecule has 1 aromatic carbocycles. The number of nitrogens with zero attached hydrogens (tertiary/aromatic N) is 1. The van der Waals surface area contributed by atoms with Gasteiger partial charge in [-0.25, -0.2) is 0 Å². The zero-order chi connectivity index (χ0) is 12.1. The Morgan fingerprint density at radius 2 is 2.29 bits per heavy atom. The maximum absolute atomic E-state index is 11.0. The summed E-state index contributed by atoms with van der Waals surface area (Å²) in [6.07, 6.45) is 1.61. The van der Waals surface area contributed by atoms with Crippen LogP contribution in [-0.2, 0) is 9.53 Å². The van der Waals surface area contributed by atoms with Gasteiger partial charge in [-0.1, -0.05) is 0 Å². The highest BCUT2D eigenvalue weighted by atomic mass is 16.7. The molecule has 1 aliphatic heterocycles. The van der Waals surface area contributed by atoms with Crippen molar-refractivity contribution in [1.82, 2.24) is 0 Å². The van der Waals surface area contributed by atoms with Crippen molar-refractivity contribution in [3.05, 3.63) is 23.8 Å². The summed E-state index contributed by atoms with van der Waals surface area (Å²) >= 11 is 0. The highest BCUT2D eigenvalue weighted by Crippen LogP contribution is 2.31. The summed E-state index contributed by atoms with van der Waals surface area (Å²) in [5.74, 6) is 1.10. The third-order valence-corrected chi connectivity index (χ3v) is 2.16. The van der Waals surface area contributed by atoms with Gasteiger partial charge >= 0.3 is 5.97 Å². The van der Waals surface area contributed by atoms with E-state index in [4.69, 9.17) is 14.2 Å². The molecule has 0 N–H and O–H groups in total. The van der Waals surface area contributed by atoms with E-state index in [0.717, 1.165) is 11.3 Å². The van der Waals surface area contributed by atoms with Crippen LogP contribution in [0.5, 0.6) is 11.5 Å². The Kier molecular flexibility index (Phi) is 3.59. The molecule has 0 aromatic heterocycles. The summed E-state index contributed by atoms with van der Waals surface area (Å²) in [6, 6.07) is 5.48. The topological polar surface area (TPSA) is 57.1 Å². The molecule has 0 saturated heterocycles. The van der Waals surface area contributed by atoms with E-state index in [1.165, 1.54) is 0 Å². The molecular formula is C12H13NO4. The fraction of sp³-hybridized carbons (Fsp3) is 0.333. The van der Waals surface area contributed by atoms with Crippen LogP contribution in [0.2, 0.25) is 0 Å². The second-order valence-corrected chi connectivity index (χ2v) is 3.39. The number of hydrogen-bond donors (Lipinski definition) is 0. The molecule has 0 aliphatic carbocycles. The number of ether oxygens (including phenoxy) is 3. The molecule has 1 heterocycles. The summed E-state index contributed by atoms with van der Waals surface area (Å²) in [6.45, 7) is 2.42. The van der Waals surface area contributed by atoms with Crippen LogP contribution in [0, 0.1) is 0 Å².